The number of nitrogens with zero attached hydrogens (tertiary/aromatic N) is 1. The predicted molar refractivity (Wildman–Crippen MR) is 90.3 cm³/mol. The van der Waals surface area contributed by atoms with Gasteiger partial charge in [-0.1, -0.05) is 31.2 Å². The van der Waals surface area contributed by atoms with Gasteiger partial charge in [-0.15, -0.1) is 0 Å². The van der Waals surface area contributed by atoms with E-state index in [1.165, 1.54) is 0 Å². The minimum atomic E-state index is -0.0538. The maximum atomic E-state index is 12.1. The second-order valence-corrected chi connectivity index (χ2v) is 5.20. The van der Waals surface area contributed by atoms with Gasteiger partial charge in [-0.2, -0.15) is 5.26 Å². The number of hydrogen-bond donors (Lipinski definition) is 1. The van der Waals surface area contributed by atoms with Crippen LogP contribution in [-0.2, 0) is 11.2 Å². The van der Waals surface area contributed by atoms with E-state index >= 15 is 0 Å². The average Bonchev–Trinajstić information content (AvgIpc) is 2.59. The number of anilines is 1. The molecule has 2 rings (SSSR count). The number of ether oxygens (including phenoxy) is 1. The fourth-order valence-corrected chi connectivity index (χ4v) is 2.12. The Bertz CT molecular complexity index is 687. The maximum absolute atomic E-state index is 12.1. The highest BCUT2D eigenvalue weighted by molar-refractivity contribution is 5.92. The van der Waals surface area contributed by atoms with E-state index < -0.39 is 0 Å². The number of carbonyl (C=O) groups excluding carboxylic acids is 1. The Morgan fingerprint density at radius 3 is 2.61 bits per heavy atom. The Labute approximate surface area is 136 Å². The fourth-order valence-electron chi connectivity index (χ4n) is 2.12. The molecular weight excluding hydrogens is 288 g/mol. The highest BCUT2D eigenvalue weighted by Gasteiger charge is 2.07. The summed E-state index contributed by atoms with van der Waals surface area (Å²) >= 11 is 0. The third kappa shape index (κ3) is 5.15. The van der Waals surface area contributed by atoms with Crippen molar-refractivity contribution < 1.29 is 9.53 Å². The van der Waals surface area contributed by atoms with Crippen molar-refractivity contribution in [2.75, 3.05) is 11.9 Å². The van der Waals surface area contributed by atoms with E-state index in [-0.39, 0.29) is 5.91 Å². The number of benzene rings is 2. The second-order valence-electron chi connectivity index (χ2n) is 5.20. The first-order valence-electron chi connectivity index (χ1n) is 7.73. The van der Waals surface area contributed by atoms with Crippen LogP contribution < -0.4 is 10.1 Å². The van der Waals surface area contributed by atoms with Crippen molar-refractivity contribution in [3.8, 4) is 11.8 Å². The number of nitrogens with one attached hydrogen (secondary N) is 1. The summed E-state index contributed by atoms with van der Waals surface area (Å²) in [4.78, 5) is 12.1. The normalized spacial score (nSPS) is 9.91. The fraction of sp³-hybridized carbons (Fsp3) is 0.263. The van der Waals surface area contributed by atoms with Crippen molar-refractivity contribution in [3.63, 3.8) is 0 Å². The number of amides is 1. The molecule has 0 saturated heterocycles. The van der Waals surface area contributed by atoms with Crippen LogP contribution in [0.15, 0.2) is 48.5 Å². The first kappa shape index (κ1) is 16.6. The van der Waals surface area contributed by atoms with Crippen molar-refractivity contribution in [2.45, 2.75) is 26.2 Å². The van der Waals surface area contributed by atoms with E-state index in [0.29, 0.717) is 36.4 Å². The first-order valence-corrected chi connectivity index (χ1v) is 7.73. The molecule has 23 heavy (non-hydrogen) atoms. The molecule has 1 N–H and O–H groups in total. The van der Waals surface area contributed by atoms with Crippen molar-refractivity contribution in [1.29, 1.82) is 5.26 Å². The third-order valence-corrected chi connectivity index (χ3v) is 3.35. The van der Waals surface area contributed by atoms with E-state index in [9.17, 15) is 4.79 Å². The molecule has 0 aliphatic carbocycles. The monoisotopic (exact) mass is 308 g/mol. The van der Waals surface area contributed by atoms with Crippen LogP contribution >= 0.6 is 0 Å². The van der Waals surface area contributed by atoms with Crippen LogP contribution in [0.1, 0.15) is 30.9 Å². The smallest absolute Gasteiger partial charge is 0.224 e. The molecule has 0 radical (unpaired) electrons. The Morgan fingerprint density at radius 2 is 1.91 bits per heavy atom. The maximum Gasteiger partial charge on any atom is 0.224 e. The van der Waals surface area contributed by atoms with Gasteiger partial charge < -0.3 is 10.1 Å². The van der Waals surface area contributed by atoms with E-state index in [1.54, 1.807) is 12.1 Å². The molecule has 0 atom stereocenters. The van der Waals surface area contributed by atoms with Gasteiger partial charge >= 0.3 is 0 Å². The highest BCUT2D eigenvalue weighted by Crippen LogP contribution is 2.24. The van der Waals surface area contributed by atoms with Crippen molar-refractivity contribution in [1.82, 2.24) is 0 Å². The number of carbonyl (C=O) groups is 1. The molecule has 2 aromatic rings. The van der Waals surface area contributed by atoms with E-state index in [0.717, 1.165) is 12.0 Å². The number of rotatable bonds is 7. The van der Waals surface area contributed by atoms with E-state index in [2.05, 4.69) is 11.4 Å². The van der Waals surface area contributed by atoms with Gasteiger partial charge in [-0.25, -0.2) is 0 Å². The van der Waals surface area contributed by atoms with Gasteiger partial charge in [0, 0.05) is 6.42 Å². The van der Waals surface area contributed by atoms with Gasteiger partial charge in [0.25, 0.3) is 0 Å². The summed E-state index contributed by atoms with van der Waals surface area (Å²) in [6.45, 7) is 2.66. The molecule has 0 aromatic heterocycles. The van der Waals surface area contributed by atoms with Gasteiger partial charge in [0.15, 0.2) is 0 Å². The molecule has 0 unspecified atom stereocenters. The van der Waals surface area contributed by atoms with Gasteiger partial charge in [0.05, 0.1) is 23.9 Å². The summed E-state index contributed by atoms with van der Waals surface area (Å²) in [6, 6.07) is 16.8. The molecule has 0 aliphatic heterocycles. The zero-order valence-electron chi connectivity index (χ0n) is 13.2. The van der Waals surface area contributed by atoms with Gasteiger partial charge in [0.1, 0.15) is 5.75 Å². The lowest BCUT2D eigenvalue weighted by Gasteiger charge is -2.12. The highest BCUT2D eigenvalue weighted by atomic mass is 16.5. The minimum absolute atomic E-state index is 0.0538. The lowest BCUT2D eigenvalue weighted by atomic mass is 10.1. The molecule has 0 saturated carbocycles. The minimum Gasteiger partial charge on any atom is -0.491 e. The van der Waals surface area contributed by atoms with Crippen LogP contribution in [0.2, 0.25) is 0 Å². The molecule has 2 aromatic carbocycles. The van der Waals surface area contributed by atoms with Crippen molar-refractivity contribution >= 4 is 11.6 Å². The topological polar surface area (TPSA) is 62.1 Å². The third-order valence-electron chi connectivity index (χ3n) is 3.35. The van der Waals surface area contributed by atoms with Crippen LogP contribution in [0.4, 0.5) is 5.69 Å². The summed E-state index contributed by atoms with van der Waals surface area (Å²) in [7, 11) is 0. The molecule has 0 bridgehead atoms. The number of hydrogen-bond acceptors (Lipinski definition) is 3. The molecule has 4 nitrogen and oxygen atoms in total. The molecule has 1 amide bonds. The lowest BCUT2D eigenvalue weighted by molar-refractivity contribution is -0.116. The zero-order chi connectivity index (χ0) is 16.5. The van der Waals surface area contributed by atoms with Gasteiger partial charge in [0.2, 0.25) is 5.91 Å². The predicted octanol–water partition coefficient (Wildman–Crippen LogP) is 3.92. The van der Waals surface area contributed by atoms with Crippen molar-refractivity contribution in [2.24, 2.45) is 0 Å². The second kappa shape index (κ2) is 8.60. The summed E-state index contributed by atoms with van der Waals surface area (Å²) in [5.41, 5.74) is 2.36. The van der Waals surface area contributed by atoms with Gasteiger partial charge in [-0.3, -0.25) is 4.79 Å². The first-order chi connectivity index (χ1) is 11.2. The summed E-state index contributed by atoms with van der Waals surface area (Å²) in [5.74, 6) is 0.642. The number of nitriles is 1. The molecular formula is C19H20N2O2. The van der Waals surface area contributed by atoms with Crippen molar-refractivity contribution in [3.05, 3.63) is 59.7 Å². The van der Waals surface area contributed by atoms with Crippen LogP contribution in [0.3, 0.4) is 0 Å². The summed E-state index contributed by atoms with van der Waals surface area (Å²) in [5, 5.41) is 11.7. The van der Waals surface area contributed by atoms with Crippen LogP contribution in [0.25, 0.3) is 0 Å². The zero-order valence-corrected chi connectivity index (χ0v) is 13.2. The van der Waals surface area contributed by atoms with E-state index in [4.69, 9.17) is 10.00 Å². The SMILES string of the molecule is CCCOc1ccccc1NC(=O)CCc1ccc(C#N)cc1. The number of para-hydroxylation sites is 2. The molecule has 0 spiro atoms. The Kier molecular flexibility index (Phi) is 6.19. The summed E-state index contributed by atoms with van der Waals surface area (Å²) in [6.07, 6.45) is 1.94. The number of aryl methyl sites for hydroxylation is 1. The Balaban J connectivity index is 1.90. The summed E-state index contributed by atoms with van der Waals surface area (Å²) < 4.78 is 5.63. The molecule has 0 aliphatic rings. The lowest BCUT2D eigenvalue weighted by Crippen LogP contribution is -2.13. The van der Waals surface area contributed by atoms with Gasteiger partial charge in [-0.05, 0) is 42.7 Å². The van der Waals surface area contributed by atoms with Crippen LogP contribution in [0, 0.1) is 11.3 Å². The van der Waals surface area contributed by atoms with Crippen LogP contribution in [-0.4, -0.2) is 12.5 Å². The molecule has 4 heteroatoms. The largest absolute Gasteiger partial charge is 0.491 e. The standard InChI is InChI=1S/C19H20N2O2/c1-2-13-23-18-6-4-3-5-17(18)21-19(22)12-11-15-7-9-16(14-20)10-8-15/h3-10H,2,11-13H2,1H3,(H,21,22). The van der Waals surface area contributed by atoms with E-state index in [1.807, 2.05) is 43.3 Å². The average molecular weight is 308 g/mol. The molecule has 0 heterocycles. The van der Waals surface area contributed by atoms with Crippen LogP contribution in [0.5, 0.6) is 5.75 Å². The molecule has 0 fully saturated rings. The molecule has 118 valence electrons. The Morgan fingerprint density at radius 1 is 1.17 bits per heavy atom. The quantitative estimate of drug-likeness (QED) is 0.843. The Hall–Kier alpha value is -2.80.